The maximum absolute atomic E-state index is 12.1. The van der Waals surface area contributed by atoms with Crippen LogP contribution in [-0.4, -0.2) is 31.5 Å². The third-order valence-corrected chi connectivity index (χ3v) is 4.50. The minimum absolute atomic E-state index is 0.0542. The molecular formula is C19H26N4OS. The highest BCUT2D eigenvalue weighted by Crippen LogP contribution is 2.15. The summed E-state index contributed by atoms with van der Waals surface area (Å²) in [6.07, 6.45) is 0. The largest absolute Gasteiger partial charge is 0.357 e. The van der Waals surface area contributed by atoms with Crippen molar-refractivity contribution in [3.8, 4) is 0 Å². The maximum Gasteiger partial charge on any atom is 0.251 e. The van der Waals surface area contributed by atoms with Crippen LogP contribution < -0.4 is 16.0 Å². The lowest BCUT2D eigenvalue weighted by atomic mass is 10.1. The summed E-state index contributed by atoms with van der Waals surface area (Å²) in [4.78, 5) is 19.2. The first-order valence-corrected chi connectivity index (χ1v) is 9.32. The number of rotatable bonds is 7. The number of carbonyl (C=O) groups excluding carboxylic acids is 1. The van der Waals surface area contributed by atoms with Crippen LogP contribution in [0.4, 0.5) is 0 Å². The zero-order valence-corrected chi connectivity index (χ0v) is 15.9. The van der Waals surface area contributed by atoms with E-state index in [1.807, 2.05) is 38.1 Å². The summed E-state index contributed by atoms with van der Waals surface area (Å²) in [5, 5.41) is 9.38. The molecule has 0 aliphatic rings. The molecule has 0 bridgehead atoms. The van der Waals surface area contributed by atoms with Crippen LogP contribution >= 0.6 is 11.3 Å². The van der Waals surface area contributed by atoms with E-state index in [0.717, 1.165) is 18.1 Å². The fourth-order valence-corrected chi connectivity index (χ4v) is 3.13. The van der Waals surface area contributed by atoms with E-state index in [9.17, 15) is 4.79 Å². The van der Waals surface area contributed by atoms with Gasteiger partial charge in [-0.2, -0.15) is 0 Å². The molecule has 0 unspecified atom stereocenters. The van der Waals surface area contributed by atoms with Gasteiger partial charge in [0.25, 0.3) is 5.91 Å². The van der Waals surface area contributed by atoms with Gasteiger partial charge in [0.1, 0.15) is 0 Å². The van der Waals surface area contributed by atoms with Gasteiger partial charge in [-0.3, -0.25) is 4.79 Å². The minimum Gasteiger partial charge on any atom is -0.357 e. The standard InChI is InChI=1S/C19H26N4OS/c1-4-20-19(23-13-17-9-8-15(3)25-17)22-11-10-21-18(24)16-7-5-6-14(2)12-16/h5-9,12H,4,10-11,13H2,1-3H3,(H,21,24)(H2,20,22,23). The summed E-state index contributed by atoms with van der Waals surface area (Å²) in [5.74, 6) is 0.708. The van der Waals surface area contributed by atoms with Gasteiger partial charge in [-0.05, 0) is 45.0 Å². The zero-order chi connectivity index (χ0) is 18.1. The Bertz CT molecular complexity index is 724. The van der Waals surface area contributed by atoms with Crippen molar-refractivity contribution in [3.05, 3.63) is 57.3 Å². The Morgan fingerprint density at radius 3 is 2.56 bits per heavy atom. The molecule has 134 valence electrons. The molecule has 0 radical (unpaired) electrons. The van der Waals surface area contributed by atoms with Crippen LogP contribution in [0.5, 0.6) is 0 Å². The van der Waals surface area contributed by atoms with Crippen molar-refractivity contribution in [1.29, 1.82) is 0 Å². The van der Waals surface area contributed by atoms with Crippen molar-refractivity contribution in [3.63, 3.8) is 0 Å². The van der Waals surface area contributed by atoms with E-state index in [4.69, 9.17) is 0 Å². The van der Waals surface area contributed by atoms with Crippen LogP contribution in [-0.2, 0) is 6.54 Å². The highest BCUT2D eigenvalue weighted by Gasteiger charge is 2.05. The third-order valence-electron chi connectivity index (χ3n) is 3.52. The zero-order valence-electron chi connectivity index (χ0n) is 15.1. The highest BCUT2D eigenvalue weighted by molar-refractivity contribution is 7.11. The number of guanidine groups is 1. The van der Waals surface area contributed by atoms with Crippen LogP contribution in [0.25, 0.3) is 0 Å². The van der Waals surface area contributed by atoms with Crippen molar-refractivity contribution in [1.82, 2.24) is 16.0 Å². The predicted molar refractivity (Wildman–Crippen MR) is 105 cm³/mol. The molecule has 0 fully saturated rings. The average Bonchev–Trinajstić information content (AvgIpc) is 3.01. The summed E-state index contributed by atoms with van der Waals surface area (Å²) in [6.45, 7) is 8.72. The highest BCUT2D eigenvalue weighted by atomic mass is 32.1. The van der Waals surface area contributed by atoms with Crippen LogP contribution in [0, 0.1) is 13.8 Å². The molecule has 6 heteroatoms. The maximum atomic E-state index is 12.1. The third kappa shape index (κ3) is 6.58. The molecular weight excluding hydrogens is 332 g/mol. The van der Waals surface area contributed by atoms with Crippen LogP contribution in [0.15, 0.2) is 41.4 Å². The Hall–Kier alpha value is -2.34. The number of nitrogens with zero attached hydrogens (tertiary/aromatic N) is 1. The molecule has 2 aromatic rings. The quantitative estimate of drug-likeness (QED) is 0.405. The van der Waals surface area contributed by atoms with Gasteiger partial charge in [0.15, 0.2) is 5.96 Å². The fraction of sp³-hybridized carbons (Fsp3) is 0.368. The van der Waals surface area contributed by atoms with E-state index in [2.05, 4.69) is 40.0 Å². The number of aliphatic imine (C=N–C) groups is 1. The predicted octanol–water partition coefficient (Wildman–Crippen LogP) is 2.85. The number of aryl methyl sites for hydroxylation is 2. The minimum atomic E-state index is -0.0542. The lowest BCUT2D eigenvalue weighted by Gasteiger charge is -2.12. The number of carbonyl (C=O) groups is 1. The van der Waals surface area contributed by atoms with E-state index in [1.54, 1.807) is 11.3 Å². The van der Waals surface area contributed by atoms with E-state index in [-0.39, 0.29) is 5.91 Å². The topological polar surface area (TPSA) is 65.5 Å². The van der Waals surface area contributed by atoms with Crippen LogP contribution in [0.1, 0.15) is 32.6 Å². The van der Waals surface area contributed by atoms with E-state index in [1.165, 1.54) is 9.75 Å². The molecule has 25 heavy (non-hydrogen) atoms. The van der Waals surface area contributed by atoms with Crippen molar-refractivity contribution in [2.75, 3.05) is 19.6 Å². The lowest BCUT2D eigenvalue weighted by Crippen LogP contribution is -2.41. The van der Waals surface area contributed by atoms with Crippen LogP contribution in [0.3, 0.4) is 0 Å². The molecule has 3 N–H and O–H groups in total. The number of hydrogen-bond acceptors (Lipinski definition) is 3. The molecule has 1 heterocycles. The molecule has 1 aromatic heterocycles. The first-order chi connectivity index (χ1) is 12.1. The van der Waals surface area contributed by atoms with Gasteiger partial charge in [0.05, 0.1) is 6.54 Å². The van der Waals surface area contributed by atoms with E-state index >= 15 is 0 Å². The van der Waals surface area contributed by atoms with E-state index < -0.39 is 0 Å². The molecule has 1 amide bonds. The van der Waals surface area contributed by atoms with Gasteiger partial charge < -0.3 is 16.0 Å². The first kappa shape index (κ1) is 19.0. The summed E-state index contributed by atoms with van der Waals surface area (Å²) in [7, 11) is 0. The average molecular weight is 359 g/mol. The number of thiophene rings is 1. The molecule has 0 saturated heterocycles. The van der Waals surface area contributed by atoms with Gasteiger partial charge in [0.2, 0.25) is 0 Å². The molecule has 0 aliphatic carbocycles. The Kier molecular flexibility index (Phi) is 7.47. The number of hydrogen-bond donors (Lipinski definition) is 3. The number of amides is 1. The number of benzene rings is 1. The van der Waals surface area contributed by atoms with E-state index in [0.29, 0.717) is 25.2 Å². The summed E-state index contributed by atoms with van der Waals surface area (Å²) < 4.78 is 0. The Morgan fingerprint density at radius 1 is 1.08 bits per heavy atom. The molecule has 5 nitrogen and oxygen atoms in total. The molecule has 2 rings (SSSR count). The second-order valence-electron chi connectivity index (χ2n) is 5.76. The lowest BCUT2D eigenvalue weighted by molar-refractivity contribution is 0.0954. The molecule has 0 spiro atoms. The van der Waals surface area contributed by atoms with Crippen molar-refractivity contribution in [2.45, 2.75) is 27.3 Å². The fourth-order valence-electron chi connectivity index (χ4n) is 2.31. The van der Waals surface area contributed by atoms with Gasteiger partial charge >= 0.3 is 0 Å². The Labute approximate surface area is 153 Å². The van der Waals surface area contributed by atoms with Gasteiger partial charge in [-0.25, -0.2) is 4.99 Å². The molecule has 0 atom stereocenters. The monoisotopic (exact) mass is 358 g/mol. The second kappa shape index (κ2) is 9.84. The summed E-state index contributed by atoms with van der Waals surface area (Å²) in [5.41, 5.74) is 1.77. The van der Waals surface area contributed by atoms with Gasteiger partial charge in [-0.15, -0.1) is 11.3 Å². The van der Waals surface area contributed by atoms with Crippen molar-refractivity contribution in [2.24, 2.45) is 4.99 Å². The Morgan fingerprint density at radius 2 is 1.88 bits per heavy atom. The normalized spacial score (nSPS) is 11.2. The molecule has 0 saturated carbocycles. The second-order valence-corrected chi connectivity index (χ2v) is 7.13. The molecule has 0 aliphatic heterocycles. The Balaban J connectivity index is 1.77. The molecule has 1 aromatic carbocycles. The first-order valence-electron chi connectivity index (χ1n) is 8.51. The van der Waals surface area contributed by atoms with Crippen molar-refractivity contribution < 1.29 is 4.79 Å². The summed E-state index contributed by atoms with van der Waals surface area (Å²) >= 11 is 1.76. The van der Waals surface area contributed by atoms with Gasteiger partial charge in [-0.1, -0.05) is 17.7 Å². The summed E-state index contributed by atoms with van der Waals surface area (Å²) in [6, 6.07) is 11.8. The smallest absolute Gasteiger partial charge is 0.251 e. The van der Waals surface area contributed by atoms with Crippen molar-refractivity contribution >= 4 is 23.2 Å². The van der Waals surface area contributed by atoms with Gasteiger partial charge in [0, 0.05) is 35.0 Å². The van der Waals surface area contributed by atoms with Crippen LogP contribution in [0.2, 0.25) is 0 Å². The number of nitrogens with one attached hydrogen (secondary N) is 3. The SMILES string of the molecule is CCNC(=NCc1ccc(C)s1)NCCNC(=O)c1cccc(C)c1.